The molecule has 2 aromatic rings. The minimum atomic E-state index is -0.722. The summed E-state index contributed by atoms with van der Waals surface area (Å²) >= 11 is 0. The second-order valence-corrected chi connectivity index (χ2v) is 6.21. The molecule has 0 atom stereocenters. The van der Waals surface area contributed by atoms with Gasteiger partial charge in [-0.05, 0) is 39.0 Å². The molecule has 1 amide bonds. The molecule has 0 aliphatic carbocycles. The van der Waals surface area contributed by atoms with Crippen LogP contribution in [0.15, 0.2) is 36.9 Å². The summed E-state index contributed by atoms with van der Waals surface area (Å²) in [5, 5.41) is 2.62. The average molecular weight is 345 g/mol. The van der Waals surface area contributed by atoms with Crippen LogP contribution in [0.4, 0.5) is 10.5 Å². The highest BCUT2D eigenvalue weighted by atomic mass is 16.6. The Bertz CT molecular complexity index is 791. The van der Waals surface area contributed by atoms with Crippen LogP contribution in [0.3, 0.4) is 0 Å². The third kappa shape index (κ3) is 5.17. The Kier molecular flexibility index (Phi) is 5.21. The van der Waals surface area contributed by atoms with Crippen molar-refractivity contribution in [3.8, 4) is 5.75 Å². The first-order valence-corrected chi connectivity index (χ1v) is 7.51. The lowest BCUT2D eigenvalue weighted by molar-refractivity contribution is -0.131. The van der Waals surface area contributed by atoms with Crippen LogP contribution in [0.2, 0.25) is 0 Å². The molecule has 0 saturated carbocycles. The largest absolute Gasteiger partial charge is 0.456 e. The molecule has 8 nitrogen and oxygen atoms in total. The van der Waals surface area contributed by atoms with Crippen LogP contribution < -0.4 is 10.1 Å². The smallest absolute Gasteiger partial charge is 0.342 e. The summed E-state index contributed by atoms with van der Waals surface area (Å²) in [6, 6.07) is 3.87. The Balaban J connectivity index is 2.31. The van der Waals surface area contributed by atoms with Gasteiger partial charge in [-0.3, -0.25) is 9.36 Å². The van der Waals surface area contributed by atoms with E-state index in [1.807, 2.05) is 0 Å². The molecule has 0 saturated heterocycles. The Morgan fingerprint density at radius 1 is 1.20 bits per heavy atom. The van der Waals surface area contributed by atoms with Crippen LogP contribution >= 0.6 is 0 Å². The van der Waals surface area contributed by atoms with Crippen LogP contribution in [0.5, 0.6) is 5.75 Å². The van der Waals surface area contributed by atoms with Gasteiger partial charge in [0.25, 0.3) is 0 Å². The molecule has 0 radical (unpaired) electrons. The first-order chi connectivity index (χ1) is 11.7. The molecule has 132 valence electrons. The van der Waals surface area contributed by atoms with Crippen molar-refractivity contribution >= 4 is 23.7 Å². The lowest BCUT2D eigenvalue weighted by atomic mass is 10.1. The maximum atomic E-state index is 12.4. The van der Waals surface area contributed by atoms with E-state index in [0.717, 1.165) is 0 Å². The molecule has 0 bridgehead atoms. The average Bonchev–Trinajstić information content (AvgIpc) is 3.00. The highest BCUT2D eigenvalue weighted by Gasteiger charge is 2.22. The van der Waals surface area contributed by atoms with Crippen LogP contribution in [0.25, 0.3) is 0 Å². The maximum absolute atomic E-state index is 12.4. The third-order valence-electron chi connectivity index (χ3n) is 2.84. The number of nitrogens with zero attached hydrogens (tertiary/aromatic N) is 2. The van der Waals surface area contributed by atoms with Crippen molar-refractivity contribution in [3.63, 3.8) is 0 Å². The zero-order valence-electron chi connectivity index (χ0n) is 14.4. The number of rotatable bonds is 3. The Labute approximate surface area is 144 Å². The monoisotopic (exact) mass is 345 g/mol. The Morgan fingerprint density at radius 3 is 2.48 bits per heavy atom. The van der Waals surface area contributed by atoms with Gasteiger partial charge < -0.3 is 14.8 Å². The molecule has 1 aromatic heterocycles. The SMILES string of the molecule is CC(=O)Oc1ccc(NC(=O)n2ccnc2)cc1C(=O)OC(C)(C)C. The van der Waals surface area contributed by atoms with E-state index in [4.69, 9.17) is 9.47 Å². The number of carbonyl (C=O) groups excluding carboxylic acids is 3. The predicted octanol–water partition coefficient (Wildman–Crippen LogP) is 2.84. The first-order valence-electron chi connectivity index (χ1n) is 7.51. The number of ether oxygens (including phenoxy) is 2. The number of esters is 2. The van der Waals surface area contributed by atoms with Crippen LogP contribution in [-0.4, -0.2) is 33.1 Å². The van der Waals surface area contributed by atoms with Gasteiger partial charge >= 0.3 is 18.0 Å². The fourth-order valence-corrected chi connectivity index (χ4v) is 1.91. The molecule has 1 aromatic carbocycles. The molecular formula is C17H19N3O5. The van der Waals surface area contributed by atoms with Gasteiger partial charge in [-0.25, -0.2) is 14.6 Å². The molecule has 0 unspecified atom stereocenters. The summed E-state index contributed by atoms with van der Waals surface area (Å²) in [5.74, 6) is -1.18. The van der Waals surface area contributed by atoms with E-state index in [1.54, 1.807) is 20.8 Å². The molecule has 25 heavy (non-hydrogen) atoms. The highest BCUT2D eigenvalue weighted by Crippen LogP contribution is 2.26. The van der Waals surface area contributed by atoms with Gasteiger partial charge in [0.1, 0.15) is 23.2 Å². The van der Waals surface area contributed by atoms with Gasteiger partial charge in [0.2, 0.25) is 0 Å². The van der Waals surface area contributed by atoms with Crippen molar-refractivity contribution < 1.29 is 23.9 Å². The van der Waals surface area contributed by atoms with Gasteiger partial charge in [-0.2, -0.15) is 0 Å². The van der Waals surface area contributed by atoms with Crippen LogP contribution in [-0.2, 0) is 9.53 Å². The summed E-state index contributed by atoms with van der Waals surface area (Å²) in [7, 11) is 0. The van der Waals surface area contributed by atoms with E-state index in [0.29, 0.717) is 5.69 Å². The minimum Gasteiger partial charge on any atom is -0.456 e. The number of aromatic nitrogens is 2. The van der Waals surface area contributed by atoms with Crippen LogP contribution in [0.1, 0.15) is 38.1 Å². The van der Waals surface area contributed by atoms with Gasteiger partial charge in [0.15, 0.2) is 0 Å². The highest BCUT2D eigenvalue weighted by molar-refractivity contribution is 5.97. The van der Waals surface area contributed by atoms with Gasteiger partial charge in [-0.1, -0.05) is 0 Å². The number of hydrogen-bond donors (Lipinski definition) is 1. The van der Waals surface area contributed by atoms with Crippen molar-refractivity contribution in [3.05, 3.63) is 42.5 Å². The van der Waals surface area contributed by atoms with Gasteiger partial charge in [0.05, 0.1) is 0 Å². The van der Waals surface area contributed by atoms with E-state index in [1.165, 1.54) is 48.4 Å². The minimum absolute atomic E-state index is 0.0357. The van der Waals surface area contributed by atoms with E-state index in [-0.39, 0.29) is 11.3 Å². The lowest BCUT2D eigenvalue weighted by Gasteiger charge is -2.20. The third-order valence-corrected chi connectivity index (χ3v) is 2.84. The van der Waals surface area contributed by atoms with Crippen molar-refractivity contribution in [1.82, 2.24) is 9.55 Å². The lowest BCUT2D eigenvalue weighted by Crippen LogP contribution is -2.25. The molecule has 1 N–H and O–H groups in total. The maximum Gasteiger partial charge on any atom is 0.342 e. The molecule has 0 spiro atoms. The summed E-state index contributed by atoms with van der Waals surface area (Å²) in [4.78, 5) is 39.5. The van der Waals surface area contributed by atoms with E-state index < -0.39 is 23.6 Å². The van der Waals surface area contributed by atoms with E-state index in [9.17, 15) is 14.4 Å². The molecular weight excluding hydrogens is 326 g/mol. The number of anilines is 1. The normalized spacial score (nSPS) is 10.9. The number of hydrogen-bond acceptors (Lipinski definition) is 6. The van der Waals surface area contributed by atoms with Crippen LogP contribution in [0, 0.1) is 0 Å². The second kappa shape index (κ2) is 7.16. The second-order valence-electron chi connectivity index (χ2n) is 6.21. The molecule has 0 aliphatic rings. The molecule has 0 fully saturated rings. The summed E-state index contributed by atoms with van der Waals surface area (Å²) in [6.07, 6.45) is 4.30. The standard InChI is InChI=1S/C17H19N3O5/c1-11(21)24-14-6-5-12(19-16(23)20-8-7-18-10-20)9-13(14)15(22)25-17(2,3)4/h5-10H,1-4H3,(H,19,23). The van der Waals surface area contributed by atoms with Crippen molar-refractivity contribution in [2.75, 3.05) is 5.32 Å². The molecule has 1 heterocycles. The Hall–Kier alpha value is -3.16. The summed E-state index contributed by atoms with van der Waals surface area (Å²) in [6.45, 7) is 6.40. The molecule has 8 heteroatoms. The number of carbonyl (C=O) groups is 3. The zero-order chi connectivity index (χ0) is 18.6. The number of nitrogens with one attached hydrogen (secondary N) is 1. The summed E-state index contributed by atoms with van der Waals surface area (Å²) < 4.78 is 11.6. The molecule has 0 aliphatic heterocycles. The van der Waals surface area contributed by atoms with Crippen molar-refractivity contribution in [1.29, 1.82) is 0 Å². The van der Waals surface area contributed by atoms with Crippen molar-refractivity contribution in [2.24, 2.45) is 0 Å². The van der Waals surface area contributed by atoms with Crippen molar-refractivity contribution in [2.45, 2.75) is 33.3 Å². The van der Waals surface area contributed by atoms with Gasteiger partial charge in [0, 0.05) is 25.0 Å². The Morgan fingerprint density at radius 2 is 1.92 bits per heavy atom. The van der Waals surface area contributed by atoms with E-state index >= 15 is 0 Å². The molecule has 2 rings (SSSR count). The number of amides is 1. The fraction of sp³-hybridized carbons (Fsp3) is 0.294. The predicted molar refractivity (Wildman–Crippen MR) is 89.6 cm³/mol. The quantitative estimate of drug-likeness (QED) is 0.678. The fourth-order valence-electron chi connectivity index (χ4n) is 1.91. The number of imidazole rings is 1. The number of benzene rings is 1. The van der Waals surface area contributed by atoms with E-state index in [2.05, 4.69) is 10.3 Å². The van der Waals surface area contributed by atoms with Gasteiger partial charge in [-0.15, -0.1) is 0 Å². The topological polar surface area (TPSA) is 99.5 Å². The summed E-state index contributed by atoms with van der Waals surface area (Å²) in [5.41, 5.74) is -0.343. The zero-order valence-corrected chi connectivity index (χ0v) is 14.4. The first kappa shape index (κ1) is 18.2.